The molecule has 4 nitrogen and oxygen atoms in total. The Hall–Kier alpha value is -3.11. The van der Waals surface area contributed by atoms with Gasteiger partial charge in [0.2, 0.25) is 0 Å². The number of carbonyl (C=O) groups excluding carboxylic acids is 1. The number of aromatic carboxylic acids is 1. The first-order valence-corrected chi connectivity index (χ1v) is 8.46. The van der Waals surface area contributed by atoms with Crippen LogP contribution in [0, 0.1) is 0 Å². The third-order valence-corrected chi connectivity index (χ3v) is 4.90. The van der Waals surface area contributed by atoms with Crippen LogP contribution in [0.4, 0.5) is 5.69 Å². The van der Waals surface area contributed by atoms with E-state index in [0.717, 1.165) is 11.1 Å². The lowest BCUT2D eigenvalue weighted by molar-refractivity contribution is 0.0696. The molecular weight excluding hydrogens is 350 g/mol. The van der Waals surface area contributed by atoms with Crippen LogP contribution in [0.15, 0.2) is 72.8 Å². The molecule has 1 atom stereocenters. The van der Waals surface area contributed by atoms with Gasteiger partial charge in [-0.3, -0.25) is 9.69 Å². The summed E-state index contributed by atoms with van der Waals surface area (Å²) in [6.45, 7) is 0. The van der Waals surface area contributed by atoms with Crippen molar-refractivity contribution in [1.29, 1.82) is 0 Å². The van der Waals surface area contributed by atoms with Crippen molar-refractivity contribution < 1.29 is 14.7 Å². The smallest absolute Gasteiger partial charge is 0.335 e. The van der Waals surface area contributed by atoms with Gasteiger partial charge in [-0.15, -0.1) is 0 Å². The first-order valence-electron chi connectivity index (χ1n) is 8.08. The highest BCUT2D eigenvalue weighted by molar-refractivity contribution is 6.31. The molecule has 1 amide bonds. The zero-order chi connectivity index (χ0) is 18.3. The van der Waals surface area contributed by atoms with Crippen molar-refractivity contribution in [2.75, 3.05) is 4.90 Å². The minimum Gasteiger partial charge on any atom is -0.478 e. The maximum absolute atomic E-state index is 13.1. The van der Waals surface area contributed by atoms with Gasteiger partial charge in [0.25, 0.3) is 5.91 Å². The molecule has 1 aliphatic rings. The predicted octanol–water partition coefficient (Wildman–Crippen LogP) is 4.79. The lowest BCUT2D eigenvalue weighted by atomic mass is 9.97. The molecule has 5 heteroatoms. The van der Waals surface area contributed by atoms with Crippen molar-refractivity contribution in [3.05, 3.63) is 100 Å². The largest absolute Gasteiger partial charge is 0.478 e. The van der Waals surface area contributed by atoms with Crippen molar-refractivity contribution >= 4 is 29.2 Å². The maximum atomic E-state index is 13.1. The predicted molar refractivity (Wildman–Crippen MR) is 99.9 cm³/mol. The summed E-state index contributed by atoms with van der Waals surface area (Å²) in [7, 11) is 0. The molecule has 1 aliphatic heterocycles. The molecule has 0 saturated carbocycles. The molecule has 4 rings (SSSR count). The van der Waals surface area contributed by atoms with Crippen molar-refractivity contribution in [2.24, 2.45) is 0 Å². The Labute approximate surface area is 155 Å². The van der Waals surface area contributed by atoms with Gasteiger partial charge >= 0.3 is 5.97 Å². The lowest BCUT2D eigenvalue weighted by Crippen LogP contribution is -2.28. The Morgan fingerprint density at radius 3 is 2.15 bits per heavy atom. The number of anilines is 1. The van der Waals surface area contributed by atoms with Gasteiger partial charge in [-0.25, -0.2) is 4.79 Å². The summed E-state index contributed by atoms with van der Waals surface area (Å²) in [5, 5.41) is 9.68. The average Bonchev–Trinajstić information content (AvgIpc) is 2.95. The van der Waals surface area contributed by atoms with E-state index in [4.69, 9.17) is 16.7 Å². The van der Waals surface area contributed by atoms with Crippen molar-refractivity contribution in [3.8, 4) is 0 Å². The van der Waals surface area contributed by atoms with Crippen LogP contribution in [0.1, 0.15) is 37.9 Å². The summed E-state index contributed by atoms with van der Waals surface area (Å²) >= 11 is 6.42. The number of carboxylic acids is 1. The SMILES string of the molecule is O=C(O)c1ccc(N2C(=O)c3ccccc3C2c2ccccc2Cl)cc1. The number of amides is 1. The van der Waals surface area contributed by atoms with Gasteiger partial charge in [-0.1, -0.05) is 48.0 Å². The molecule has 128 valence electrons. The van der Waals surface area contributed by atoms with Crippen LogP contribution in [0.2, 0.25) is 5.02 Å². The summed E-state index contributed by atoms with van der Waals surface area (Å²) in [6.07, 6.45) is 0. The minimum absolute atomic E-state index is 0.131. The number of hydrogen-bond donors (Lipinski definition) is 1. The van der Waals surface area contributed by atoms with E-state index in [1.807, 2.05) is 36.4 Å². The van der Waals surface area contributed by atoms with E-state index in [1.165, 1.54) is 12.1 Å². The van der Waals surface area contributed by atoms with Crippen LogP contribution in [0.3, 0.4) is 0 Å². The fraction of sp³-hybridized carbons (Fsp3) is 0.0476. The van der Waals surface area contributed by atoms with Gasteiger partial charge in [-0.2, -0.15) is 0 Å². The molecule has 3 aromatic carbocycles. The molecule has 3 aromatic rings. The summed E-state index contributed by atoms with van der Waals surface area (Å²) < 4.78 is 0. The Morgan fingerprint density at radius 1 is 0.885 bits per heavy atom. The van der Waals surface area contributed by atoms with E-state index in [0.29, 0.717) is 16.3 Å². The minimum atomic E-state index is -1.00. The highest BCUT2D eigenvalue weighted by Crippen LogP contribution is 2.43. The van der Waals surface area contributed by atoms with E-state index in [-0.39, 0.29) is 17.5 Å². The molecule has 0 bridgehead atoms. The molecule has 0 spiro atoms. The highest BCUT2D eigenvalue weighted by atomic mass is 35.5. The first kappa shape index (κ1) is 16.4. The second-order valence-corrected chi connectivity index (χ2v) is 6.45. The summed E-state index contributed by atoms with van der Waals surface area (Å²) in [5.74, 6) is -1.14. The molecule has 0 radical (unpaired) electrons. The van der Waals surface area contributed by atoms with Gasteiger partial charge in [0.1, 0.15) is 0 Å². The van der Waals surface area contributed by atoms with E-state index in [1.54, 1.807) is 29.2 Å². The maximum Gasteiger partial charge on any atom is 0.335 e. The molecule has 1 unspecified atom stereocenters. The van der Waals surface area contributed by atoms with E-state index >= 15 is 0 Å². The lowest BCUT2D eigenvalue weighted by Gasteiger charge is -2.26. The van der Waals surface area contributed by atoms with Crippen LogP contribution < -0.4 is 4.90 Å². The summed E-state index contributed by atoms with van der Waals surface area (Å²) in [4.78, 5) is 25.9. The Bertz CT molecular complexity index is 1010. The zero-order valence-electron chi connectivity index (χ0n) is 13.6. The molecule has 26 heavy (non-hydrogen) atoms. The van der Waals surface area contributed by atoms with Crippen LogP contribution in [-0.4, -0.2) is 17.0 Å². The van der Waals surface area contributed by atoms with Gasteiger partial charge in [0, 0.05) is 16.3 Å². The van der Waals surface area contributed by atoms with Gasteiger partial charge in [0.15, 0.2) is 0 Å². The number of halogens is 1. The molecular formula is C21H14ClNO3. The fourth-order valence-corrected chi connectivity index (χ4v) is 3.59. The second-order valence-electron chi connectivity index (χ2n) is 6.04. The Kier molecular flexibility index (Phi) is 3.98. The van der Waals surface area contributed by atoms with E-state index < -0.39 is 5.97 Å². The number of fused-ring (bicyclic) bond motifs is 1. The topological polar surface area (TPSA) is 57.6 Å². The van der Waals surface area contributed by atoms with Crippen LogP contribution in [0.5, 0.6) is 0 Å². The number of carbonyl (C=O) groups is 2. The van der Waals surface area contributed by atoms with Crippen LogP contribution in [-0.2, 0) is 0 Å². The summed E-state index contributed by atoms with van der Waals surface area (Å²) in [6, 6.07) is 20.8. The Balaban J connectivity index is 1.88. The first-order chi connectivity index (χ1) is 12.6. The van der Waals surface area contributed by atoms with Gasteiger partial charge in [-0.05, 0) is 47.5 Å². The molecule has 0 aliphatic carbocycles. The third kappa shape index (κ3) is 2.55. The third-order valence-electron chi connectivity index (χ3n) is 4.56. The Morgan fingerprint density at radius 2 is 1.50 bits per heavy atom. The number of benzene rings is 3. The number of rotatable bonds is 3. The van der Waals surface area contributed by atoms with Crippen molar-refractivity contribution in [1.82, 2.24) is 0 Å². The fourth-order valence-electron chi connectivity index (χ4n) is 3.35. The van der Waals surface area contributed by atoms with Gasteiger partial charge < -0.3 is 5.11 Å². The summed E-state index contributed by atoms with van der Waals surface area (Å²) in [5.41, 5.74) is 3.13. The number of hydrogen-bond acceptors (Lipinski definition) is 2. The van der Waals surface area contributed by atoms with E-state index in [2.05, 4.69) is 0 Å². The van der Waals surface area contributed by atoms with E-state index in [9.17, 15) is 9.59 Å². The highest BCUT2D eigenvalue weighted by Gasteiger charge is 2.39. The average molecular weight is 364 g/mol. The molecule has 1 heterocycles. The van der Waals surface area contributed by atoms with Crippen LogP contribution in [0.25, 0.3) is 0 Å². The second kappa shape index (κ2) is 6.32. The van der Waals surface area contributed by atoms with Crippen molar-refractivity contribution in [3.63, 3.8) is 0 Å². The van der Waals surface area contributed by atoms with Crippen LogP contribution >= 0.6 is 11.6 Å². The number of nitrogens with zero attached hydrogens (tertiary/aromatic N) is 1. The normalized spacial score (nSPS) is 15.8. The quantitative estimate of drug-likeness (QED) is 0.728. The standard InChI is InChI=1S/C21H14ClNO3/c22-18-8-4-3-7-17(18)19-15-5-1-2-6-16(15)20(24)23(19)14-11-9-13(10-12-14)21(25)26/h1-12,19H,(H,25,26). The van der Waals surface area contributed by atoms with Gasteiger partial charge in [0.05, 0.1) is 11.6 Å². The number of carboxylic acid groups (broad SMARTS) is 1. The zero-order valence-corrected chi connectivity index (χ0v) is 14.4. The van der Waals surface area contributed by atoms with Crippen molar-refractivity contribution in [2.45, 2.75) is 6.04 Å². The monoisotopic (exact) mass is 363 g/mol. The molecule has 1 N–H and O–H groups in total. The molecule has 0 fully saturated rings. The molecule has 0 aromatic heterocycles. The molecule has 0 saturated heterocycles.